The highest BCUT2D eigenvalue weighted by Gasteiger charge is 2.17. The molecule has 1 radical (unpaired) electrons. The van der Waals surface area contributed by atoms with Gasteiger partial charge in [0.1, 0.15) is 11.9 Å². The molecule has 0 amide bonds. The van der Waals surface area contributed by atoms with E-state index in [4.69, 9.17) is 5.11 Å². The summed E-state index contributed by atoms with van der Waals surface area (Å²) in [6, 6.07) is 0.144. The van der Waals surface area contributed by atoms with E-state index >= 15 is 0 Å². The first-order valence-electron chi connectivity index (χ1n) is 5.67. The number of carboxylic acid groups (broad SMARTS) is 1. The second-order valence-electron chi connectivity index (χ2n) is 4.22. The number of hydrogen-bond donors (Lipinski definition) is 2. The van der Waals surface area contributed by atoms with Gasteiger partial charge in [0, 0.05) is 18.2 Å². The molecule has 0 aromatic carbocycles. The van der Waals surface area contributed by atoms with E-state index in [0.29, 0.717) is 17.7 Å². The van der Waals surface area contributed by atoms with Gasteiger partial charge in [-0.15, -0.1) is 5.10 Å². The van der Waals surface area contributed by atoms with Crippen molar-refractivity contribution >= 4 is 5.97 Å². The van der Waals surface area contributed by atoms with Gasteiger partial charge in [0.2, 0.25) is 0 Å². The van der Waals surface area contributed by atoms with Gasteiger partial charge in [-0.25, -0.2) is 0 Å². The number of aromatic amines is 1. The zero-order valence-electron chi connectivity index (χ0n) is 10.2. The third-order valence-electron chi connectivity index (χ3n) is 2.57. The van der Waals surface area contributed by atoms with E-state index in [2.05, 4.69) is 26.7 Å². The Morgan fingerprint density at radius 2 is 2.39 bits per heavy atom. The van der Waals surface area contributed by atoms with E-state index in [1.807, 2.05) is 13.8 Å². The van der Waals surface area contributed by atoms with Crippen LogP contribution in [0.25, 0.3) is 11.3 Å². The summed E-state index contributed by atoms with van der Waals surface area (Å²) in [7, 11) is 0. The molecule has 2 N–H and O–H groups in total. The minimum absolute atomic E-state index is 0.0527. The van der Waals surface area contributed by atoms with Crippen molar-refractivity contribution in [1.29, 1.82) is 0 Å². The minimum Gasteiger partial charge on any atom is -0.481 e. The van der Waals surface area contributed by atoms with E-state index < -0.39 is 5.97 Å². The minimum atomic E-state index is -0.836. The maximum Gasteiger partial charge on any atom is 0.303 e. The van der Waals surface area contributed by atoms with E-state index in [1.54, 1.807) is 10.9 Å². The van der Waals surface area contributed by atoms with E-state index in [1.165, 1.54) is 0 Å². The van der Waals surface area contributed by atoms with Gasteiger partial charge in [0.15, 0.2) is 0 Å². The molecule has 2 aromatic heterocycles. The number of nitrogens with zero attached hydrogens (tertiary/aromatic N) is 4. The first-order chi connectivity index (χ1) is 8.59. The number of hydrogen-bond acceptors (Lipinski definition) is 4. The lowest BCUT2D eigenvalue weighted by atomic mass is 10.1. The van der Waals surface area contributed by atoms with Crippen molar-refractivity contribution in [2.24, 2.45) is 0 Å². The van der Waals surface area contributed by atoms with Gasteiger partial charge in [-0.3, -0.25) is 14.6 Å². The Labute approximate surface area is 104 Å². The lowest BCUT2D eigenvalue weighted by Gasteiger charge is -2.11. The number of rotatable bonds is 5. The quantitative estimate of drug-likeness (QED) is 0.824. The normalized spacial score (nSPS) is 11.1. The van der Waals surface area contributed by atoms with Gasteiger partial charge in [-0.2, -0.15) is 5.10 Å². The number of carboxylic acids is 1. The number of aliphatic carboxylic acids is 1. The summed E-state index contributed by atoms with van der Waals surface area (Å²) in [6.45, 7) is 3.97. The molecule has 0 aliphatic carbocycles. The predicted molar refractivity (Wildman–Crippen MR) is 62.8 cm³/mol. The standard InChI is InChI=1S/C11H14N5O2/c1-7(2)16-10(3-4-11(17)18)8(5-13-16)9-6-12-15-14-9/h6-7H,3-4H2,1-2H3,(H,17,18)(H,12,14,15). The molecular formula is C11H14N5O2. The topological polar surface area (TPSA) is 96.7 Å². The van der Waals surface area contributed by atoms with Crippen molar-refractivity contribution in [3.8, 4) is 11.3 Å². The average Bonchev–Trinajstić information content (AvgIpc) is 2.94. The fourth-order valence-corrected chi connectivity index (χ4v) is 1.76. The molecule has 18 heavy (non-hydrogen) atoms. The molecule has 0 bridgehead atoms. The fraction of sp³-hybridized carbons (Fsp3) is 0.455. The molecule has 0 atom stereocenters. The summed E-state index contributed by atoms with van der Waals surface area (Å²) in [5.41, 5.74) is 2.15. The first kappa shape index (κ1) is 12.3. The van der Waals surface area contributed by atoms with Crippen LogP contribution in [0.2, 0.25) is 0 Å². The summed E-state index contributed by atoms with van der Waals surface area (Å²) < 4.78 is 1.77. The molecule has 2 aromatic rings. The molecule has 0 unspecified atom stereocenters. The van der Waals surface area contributed by atoms with Crippen molar-refractivity contribution in [2.75, 3.05) is 0 Å². The van der Waals surface area contributed by atoms with Gasteiger partial charge < -0.3 is 5.11 Å². The van der Waals surface area contributed by atoms with Crippen molar-refractivity contribution in [1.82, 2.24) is 25.2 Å². The summed E-state index contributed by atoms with van der Waals surface area (Å²) in [4.78, 5) is 10.7. The molecule has 7 heteroatoms. The van der Waals surface area contributed by atoms with Crippen molar-refractivity contribution < 1.29 is 9.90 Å². The zero-order valence-corrected chi connectivity index (χ0v) is 10.2. The second-order valence-corrected chi connectivity index (χ2v) is 4.22. The van der Waals surface area contributed by atoms with Crippen molar-refractivity contribution in [3.63, 3.8) is 0 Å². The Kier molecular flexibility index (Phi) is 3.40. The molecule has 0 aliphatic heterocycles. The van der Waals surface area contributed by atoms with Crippen LogP contribution >= 0.6 is 0 Å². The Bertz CT molecular complexity index is 530. The zero-order chi connectivity index (χ0) is 13.1. The maximum atomic E-state index is 10.7. The van der Waals surface area contributed by atoms with E-state index in [0.717, 1.165) is 5.69 Å². The smallest absolute Gasteiger partial charge is 0.303 e. The van der Waals surface area contributed by atoms with Crippen LogP contribution in [0.5, 0.6) is 0 Å². The second kappa shape index (κ2) is 4.99. The lowest BCUT2D eigenvalue weighted by molar-refractivity contribution is -0.136. The fourth-order valence-electron chi connectivity index (χ4n) is 1.76. The maximum absolute atomic E-state index is 10.7. The van der Waals surface area contributed by atoms with Crippen LogP contribution in [-0.4, -0.2) is 36.3 Å². The SMILES string of the molecule is CC(C)n1n[c]c(-c2c[nH]nn2)c1CCC(=O)O. The van der Waals surface area contributed by atoms with Gasteiger partial charge in [0.05, 0.1) is 18.2 Å². The van der Waals surface area contributed by atoms with Gasteiger partial charge in [-0.1, -0.05) is 5.21 Å². The summed E-state index contributed by atoms with van der Waals surface area (Å²) in [5, 5.41) is 23.1. The third kappa shape index (κ3) is 2.39. The number of carbonyl (C=O) groups is 1. The largest absolute Gasteiger partial charge is 0.481 e. The predicted octanol–water partition coefficient (Wildman–Crippen LogP) is 1.07. The Morgan fingerprint density at radius 1 is 1.61 bits per heavy atom. The van der Waals surface area contributed by atoms with Crippen LogP contribution in [0, 0.1) is 6.20 Å². The number of aromatic nitrogens is 5. The highest BCUT2D eigenvalue weighted by molar-refractivity contribution is 5.68. The highest BCUT2D eigenvalue weighted by atomic mass is 16.4. The average molecular weight is 248 g/mol. The van der Waals surface area contributed by atoms with Crippen molar-refractivity contribution in [2.45, 2.75) is 32.7 Å². The van der Waals surface area contributed by atoms with Crippen LogP contribution in [-0.2, 0) is 11.2 Å². The summed E-state index contributed by atoms with van der Waals surface area (Å²) in [5.74, 6) is -0.836. The van der Waals surface area contributed by atoms with Crippen LogP contribution in [0.15, 0.2) is 6.20 Å². The lowest BCUT2D eigenvalue weighted by Crippen LogP contribution is -2.10. The van der Waals surface area contributed by atoms with E-state index in [9.17, 15) is 4.79 Å². The van der Waals surface area contributed by atoms with Gasteiger partial charge in [-0.05, 0) is 13.8 Å². The molecule has 7 nitrogen and oxygen atoms in total. The highest BCUT2D eigenvalue weighted by Crippen LogP contribution is 2.23. The third-order valence-corrected chi connectivity index (χ3v) is 2.57. The number of H-pyrrole nitrogens is 1. The molecule has 0 saturated carbocycles. The molecule has 0 spiro atoms. The Balaban J connectivity index is 2.37. The molecule has 0 aliphatic rings. The number of nitrogens with one attached hydrogen (secondary N) is 1. The summed E-state index contributed by atoms with van der Waals surface area (Å²) in [6.07, 6.45) is 4.97. The summed E-state index contributed by atoms with van der Waals surface area (Å²) >= 11 is 0. The van der Waals surface area contributed by atoms with Gasteiger partial charge in [0.25, 0.3) is 0 Å². The Hall–Kier alpha value is -2.18. The molecule has 95 valence electrons. The Morgan fingerprint density at radius 3 is 2.94 bits per heavy atom. The molecular weight excluding hydrogens is 234 g/mol. The molecule has 2 rings (SSSR count). The van der Waals surface area contributed by atoms with Crippen molar-refractivity contribution in [3.05, 3.63) is 18.1 Å². The molecule has 0 fully saturated rings. The van der Waals surface area contributed by atoms with E-state index in [-0.39, 0.29) is 12.5 Å². The van der Waals surface area contributed by atoms with Crippen LogP contribution in [0.1, 0.15) is 32.0 Å². The van der Waals surface area contributed by atoms with Gasteiger partial charge >= 0.3 is 5.97 Å². The molecule has 0 saturated heterocycles. The van der Waals surface area contributed by atoms with Crippen LogP contribution in [0.3, 0.4) is 0 Å². The molecule has 2 heterocycles. The first-order valence-corrected chi connectivity index (χ1v) is 5.67. The van der Waals surface area contributed by atoms with Crippen LogP contribution in [0.4, 0.5) is 0 Å². The monoisotopic (exact) mass is 248 g/mol. The van der Waals surface area contributed by atoms with Crippen LogP contribution < -0.4 is 0 Å².